The van der Waals surface area contributed by atoms with E-state index in [1.807, 2.05) is 6.20 Å². The van der Waals surface area contributed by atoms with Gasteiger partial charge in [-0.1, -0.05) is 28.9 Å². The Balaban J connectivity index is 2.01. The van der Waals surface area contributed by atoms with Gasteiger partial charge in [0.05, 0.1) is 17.3 Å². The zero-order valence-corrected chi connectivity index (χ0v) is 11.3. The molecule has 0 spiro atoms. The molecule has 0 unspecified atom stereocenters. The van der Waals surface area contributed by atoms with Crippen molar-refractivity contribution in [2.45, 2.75) is 25.8 Å². The summed E-state index contributed by atoms with van der Waals surface area (Å²) >= 11 is 5.90. The van der Waals surface area contributed by atoms with E-state index in [9.17, 15) is 4.39 Å². The second kappa shape index (κ2) is 6.63. The summed E-state index contributed by atoms with van der Waals surface area (Å²) in [6.45, 7) is 1.10. The van der Waals surface area contributed by atoms with E-state index in [4.69, 9.17) is 17.3 Å². The molecule has 1 aromatic carbocycles. The first-order valence-electron chi connectivity index (χ1n) is 6.22. The molecule has 4 nitrogen and oxygen atoms in total. The molecule has 0 saturated carbocycles. The van der Waals surface area contributed by atoms with Gasteiger partial charge in [-0.05, 0) is 37.4 Å². The summed E-state index contributed by atoms with van der Waals surface area (Å²) in [6, 6.07) is 4.75. The number of unbranched alkanes of at least 4 members (excludes halogenated alkanes) is 1. The fourth-order valence-corrected chi connectivity index (χ4v) is 2.01. The van der Waals surface area contributed by atoms with Crippen molar-refractivity contribution in [3.05, 3.63) is 46.5 Å². The maximum Gasteiger partial charge on any atom is 0.142 e. The molecule has 0 aliphatic rings. The predicted octanol–water partition coefficient (Wildman–Crippen LogP) is 2.40. The summed E-state index contributed by atoms with van der Waals surface area (Å²) in [5.74, 6) is -0.414. The first-order chi connectivity index (χ1) is 9.20. The summed E-state index contributed by atoms with van der Waals surface area (Å²) < 4.78 is 15.0. The normalized spacial score (nSPS) is 10.9. The molecule has 1 aromatic heterocycles. The summed E-state index contributed by atoms with van der Waals surface area (Å²) in [7, 11) is 0. The second-order valence-electron chi connectivity index (χ2n) is 4.37. The molecule has 19 heavy (non-hydrogen) atoms. The molecule has 0 aliphatic carbocycles. The molecule has 1 heterocycles. The summed E-state index contributed by atoms with van der Waals surface area (Å²) in [6.07, 6.45) is 4.68. The van der Waals surface area contributed by atoms with Crippen molar-refractivity contribution in [2.75, 3.05) is 6.54 Å². The lowest BCUT2D eigenvalue weighted by molar-refractivity contribution is 0.614. The highest BCUT2D eigenvalue weighted by atomic mass is 35.5. The van der Waals surface area contributed by atoms with Gasteiger partial charge in [0.1, 0.15) is 5.82 Å². The van der Waals surface area contributed by atoms with Crippen LogP contribution in [0.5, 0.6) is 0 Å². The maximum atomic E-state index is 13.3. The molecular weight excluding hydrogens is 267 g/mol. The Kier molecular flexibility index (Phi) is 4.87. The van der Waals surface area contributed by atoms with E-state index >= 15 is 0 Å². The van der Waals surface area contributed by atoms with Crippen molar-refractivity contribution in [3.8, 4) is 0 Å². The van der Waals surface area contributed by atoms with E-state index in [0.29, 0.717) is 18.7 Å². The van der Waals surface area contributed by atoms with Crippen molar-refractivity contribution >= 4 is 11.6 Å². The SMILES string of the molecule is NCCCCc1cn(Cc2cccc(F)c2Cl)nn1. The number of aryl methyl sites for hydroxylation is 1. The third-order valence-electron chi connectivity index (χ3n) is 2.84. The van der Waals surface area contributed by atoms with Crippen LogP contribution >= 0.6 is 11.6 Å². The van der Waals surface area contributed by atoms with E-state index in [2.05, 4.69) is 10.3 Å². The number of aromatic nitrogens is 3. The second-order valence-corrected chi connectivity index (χ2v) is 4.74. The minimum absolute atomic E-state index is 0.141. The summed E-state index contributed by atoms with van der Waals surface area (Å²) in [4.78, 5) is 0. The van der Waals surface area contributed by atoms with E-state index < -0.39 is 5.82 Å². The van der Waals surface area contributed by atoms with Crippen molar-refractivity contribution in [1.29, 1.82) is 0 Å². The standard InChI is InChI=1S/C13H16ClFN4/c14-13-10(4-3-6-12(13)15)8-19-9-11(17-18-19)5-1-2-7-16/h3-4,6,9H,1-2,5,7-8,16H2. The van der Waals surface area contributed by atoms with Gasteiger partial charge in [0, 0.05) is 6.20 Å². The molecule has 102 valence electrons. The molecular formula is C13H16ClFN4. The molecule has 0 radical (unpaired) electrons. The quantitative estimate of drug-likeness (QED) is 0.828. The van der Waals surface area contributed by atoms with Gasteiger partial charge >= 0.3 is 0 Å². The molecule has 2 aromatic rings. The first-order valence-corrected chi connectivity index (χ1v) is 6.60. The Hall–Kier alpha value is -1.46. The number of nitrogens with two attached hydrogens (primary N) is 1. The minimum atomic E-state index is -0.414. The van der Waals surface area contributed by atoms with Crippen LogP contribution in [0.15, 0.2) is 24.4 Å². The summed E-state index contributed by atoms with van der Waals surface area (Å²) in [5, 5.41) is 8.23. The Morgan fingerprint density at radius 1 is 1.32 bits per heavy atom. The molecule has 2 rings (SSSR count). The van der Waals surface area contributed by atoms with Gasteiger partial charge in [0.2, 0.25) is 0 Å². The highest BCUT2D eigenvalue weighted by Crippen LogP contribution is 2.20. The van der Waals surface area contributed by atoms with E-state index in [0.717, 1.165) is 25.0 Å². The number of rotatable bonds is 6. The van der Waals surface area contributed by atoms with Crippen molar-refractivity contribution in [3.63, 3.8) is 0 Å². The van der Waals surface area contributed by atoms with Gasteiger partial charge in [0.15, 0.2) is 0 Å². The van der Waals surface area contributed by atoms with Crippen LogP contribution in [-0.2, 0) is 13.0 Å². The van der Waals surface area contributed by atoms with Crippen LogP contribution in [0.4, 0.5) is 4.39 Å². The lowest BCUT2D eigenvalue weighted by Crippen LogP contribution is -2.02. The van der Waals surface area contributed by atoms with Crippen LogP contribution in [0.3, 0.4) is 0 Å². The Morgan fingerprint density at radius 3 is 2.95 bits per heavy atom. The van der Waals surface area contributed by atoms with E-state index in [-0.39, 0.29) is 5.02 Å². The Labute approximate surface area is 116 Å². The topological polar surface area (TPSA) is 56.7 Å². The maximum absolute atomic E-state index is 13.3. The third kappa shape index (κ3) is 3.75. The molecule has 0 fully saturated rings. The lowest BCUT2D eigenvalue weighted by Gasteiger charge is -2.04. The molecule has 0 saturated heterocycles. The van der Waals surface area contributed by atoms with Gasteiger partial charge in [-0.2, -0.15) is 0 Å². The average molecular weight is 283 g/mol. The summed E-state index contributed by atoms with van der Waals surface area (Å²) in [5.41, 5.74) is 7.05. The van der Waals surface area contributed by atoms with Crippen molar-refractivity contribution < 1.29 is 4.39 Å². The minimum Gasteiger partial charge on any atom is -0.330 e. The van der Waals surface area contributed by atoms with Crippen LogP contribution in [-0.4, -0.2) is 21.5 Å². The molecule has 0 aliphatic heterocycles. The third-order valence-corrected chi connectivity index (χ3v) is 3.26. The zero-order chi connectivity index (χ0) is 13.7. The highest BCUT2D eigenvalue weighted by molar-refractivity contribution is 6.31. The Bertz CT molecular complexity index is 541. The van der Waals surface area contributed by atoms with Crippen LogP contribution in [0.25, 0.3) is 0 Å². The smallest absolute Gasteiger partial charge is 0.142 e. The van der Waals surface area contributed by atoms with Gasteiger partial charge in [-0.3, -0.25) is 0 Å². The van der Waals surface area contributed by atoms with Crippen molar-refractivity contribution in [1.82, 2.24) is 15.0 Å². The number of hydrogen-bond donors (Lipinski definition) is 1. The molecule has 6 heteroatoms. The molecule has 2 N–H and O–H groups in total. The molecule has 0 bridgehead atoms. The Morgan fingerprint density at radius 2 is 2.16 bits per heavy atom. The molecule has 0 atom stereocenters. The van der Waals surface area contributed by atoms with Gasteiger partial charge in [-0.15, -0.1) is 5.10 Å². The van der Waals surface area contributed by atoms with Crippen LogP contribution < -0.4 is 5.73 Å². The average Bonchev–Trinajstić information content (AvgIpc) is 2.83. The number of halogens is 2. The number of hydrogen-bond acceptors (Lipinski definition) is 3. The van der Waals surface area contributed by atoms with Crippen LogP contribution in [0, 0.1) is 5.82 Å². The fourth-order valence-electron chi connectivity index (χ4n) is 1.83. The largest absolute Gasteiger partial charge is 0.330 e. The van der Waals surface area contributed by atoms with Crippen molar-refractivity contribution in [2.24, 2.45) is 5.73 Å². The fraction of sp³-hybridized carbons (Fsp3) is 0.385. The number of benzene rings is 1. The number of nitrogens with zero attached hydrogens (tertiary/aromatic N) is 3. The monoisotopic (exact) mass is 282 g/mol. The van der Waals surface area contributed by atoms with E-state index in [1.165, 1.54) is 6.07 Å². The van der Waals surface area contributed by atoms with Gasteiger partial charge < -0.3 is 5.73 Å². The molecule has 0 amide bonds. The predicted molar refractivity (Wildman–Crippen MR) is 72.5 cm³/mol. The van der Waals surface area contributed by atoms with Crippen LogP contribution in [0.2, 0.25) is 5.02 Å². The first kappa shape index (κ1) is 14.0. The van der Waals surface area contributed by atoms with Crippen LogP contribution in [0.1, 0.15) is 24.1 Å². The lowest BCUT2D eigenvalue weighted by atomic mass is 10.2. The van der Waals surface area contributed by atoms with E-state index in [1.54, 1.807) is 16.8 Å². The van der Waals surface area contributed by atoms with Gasteiger partial charge in [0.25, 0.3) is 0 Å². The van der Waals surface area contributed by atoms with Gasteiger partial charge in [-0.25, -0.2) is 9.07 Å². The zero-order valence-electron chi connectivity index (χ0n) is 10.5. The highest BCUT2D eigenvalue weighted by Gasteiger charge is 2.07.